The number of fused-ring (bicyclic) bond motifs is 2. The van der Waals surface area contributed by atoms with E-state index in [0.717, 1.165) is 31.0 Å². The van der Waals surface area contributed by atoms with Crippen molar-refractivity contribution in [1.82, 2.24) is 5.32 Å². The van der Waals surface area contributed by atoms with E-state index in [0.29, 0.717) is 12.1 Å². The average molecular weight is 221 g/mol. The molecule has 2 fully saturated rings. The van der Waals surface area contributed by atoms with Gasteiger partial charge in [0, 0.05) is 18.7 Å². The van der Waals surface area contributed by atoms with Crippen LogP contribution in [0.2, 0.25) is 0 Å². The lowest BCUT2D eigenvalue weighted by Gasteiger charge is -2.32. The van der Waals surface area contributed by atoms with Gasteiger partial charge in [0.15, 0.2) is 0 Å². The molecule has 3 rings (SSSR count). The molecule has 0 aromatic carbocycles. The monoisotopic (exact) mass is 221 g/mol. The molecular weight excluding hydrogens is 198 g/mol. The highest BCUT2D eigenvalue weighted by atomic mass is 16.5. The third kappa shape index (κ3) is 2.05. The van der Waals surface area contributed by atoms with Crippen LogP contribution in [0.25, 0.3) is 0 Å². The zero-order valence-electron chi connectivity index (χ0n) is 10.2. The minimum Gasteiger partial charge on any atom is -0.380 e. The van der Waals surface area contributed by atoms with Crippen molar-refractivity contribution in [3.8, 4) is 0 Å². The molecular formula is C14H23NO. The second-order valence-corrected chi connectivity index (χ2v) is 5.81. The van der Waals surface area contributed by atoms with E-state index in [1.165, 1.54) is 25.7 Å². The molecule has 5 unspecified atom stereocenters. The maximum Gasteiger partial charge on any atom is 0.0619 e. The average Bonchev–Trinajstić information content (AvgIpc) is 2.92. The molecule has 2 bridgehead atoms. The summed E-state index contributed by atoms with van der Waals surface area (Å²) in [6.45, 7) is 4.25. The molecule has 3 aliphatic rings. The van der Waals surface area contributed by atoms with Crippen molar-refractivity contribution in [2.75, 3.05) is 13.2 Å². The highest BCUT2D eigenvalue weighted by Gasteiger charge is 2.38. The Morgan fingerprint density at radius 2 is 2.25 bits per heavy atom. The van der Waals surface area contributed by atoms with Crippen molar-refractivity contribution < 1.29 is 4.74 Å². The van der Waals surface area contributed by atoms with Crippen molar-refractivity contribution in [2.45, 2.75) is 44.7 Å². The van der Waals surface area contributed by atoms with E-state index in [1.807, 2.05) is 0 Å². The maximum atomic E-state index is 5.53. The summed E-state index contributed by atoms with van der Waals surface area (Å²) >= 11 is 0. The molecule has 0 radical (unpaired) electrons. The molecule has 0 aromatic rings. The second-order valence-electron chi connectivity index (χ2n) is 5.81. The summed E-state index contributed by atoms with van der Waals surface area (Å²) < 4.78 is 5.53. The summed E-state index contributed by atoms with van der Waals surface area (Å²) in [5, 5.41) is 3.79. The number of rotatable bonds is 3. The van der Waals surface area contributed by atoms with Crippen molar-refractivity contribution in [2.24, 2.45) is 17.8 Å². The van der Waals surface area contributed by atoms with Gasteiger partial charge in [0.05, 0.1) is 6.61 Å². The van der Waals surface area contributed by atoms with Crippen LogP contribution in [0.15, 0.2) is 12.2 Å². The van der Waals surface area contributed by atoms with Crippen LogP contribution < -0.4 is 5.32 Å². The third-order valence-corrected chi connectivity index (χ3v) is 4.63. The van der Waals surface area contributed by atoms with Crippen LogP contribution in [0, 0.1) is 17.8 Å². The van der Waals surface area contributed by atoms with Gasteiger partial charge in [-0.05, 0) is 50.4 Å². The Balaban J connectivity index is 1.53. The molecule has 2 aliphatic carbocycles. The van der Waals surface area contributed by atoms with Gasteiger partial charge in [-0.1, -0.05) is 12.2 Å². The Kier molecular flexibility index (Phi) is 3.03. The zero-order valence-corrected chi connectivity index (χ0v) is 10.2. The maximum absolute atomic E-state index is 5.53. The zero-order chi connectivity index (χ0) is 11.0. The molecule has 90 valence electrons. The topological polar surface area (TPSA) is 21.3 Å². The fraction of sp³-hybridized carbons (Fsp3) is 0.857. The Labute approximate surface area is 98.4 Å². The number of allylic oxidation sites excluding steroid dienone is 2. The van der Waals surface area contributed by atoms with Crippen LogP contribution in [-0.4, -0.2) is 25.3 Å². The molecule has 1 saturated carbocycles. The molecule has 5 atom stereocenters. The third-order valence-electron chi connectivity index (χ3n) is 4.63. The standard InChI is InChI=1S/C14H23NO/c1-10(15-13-3-2-6-16-9-13)14-8-11-4-5-12(14)7-11/h4-5,10-15H,2-3,6-9H2,1H3. The Hall–Kier alpha value is -0.340. The molecule has 0 spiro atoms. The predicted octanol–water partition coefficient (Wildman–Crippen LogP) is 2.36. The summed E-state index contributed by atoms with van der Waals surface area (Å²) in [5.41, 5.74) is 0. The lowest BCUT2D eigenvalue weighted by atomic mass is 9.87. The molecule has 0 aromatic heterocycles. The highest BCUT2D eigenvalue weighted by Crippen LogP contribution is 2.44. The Bertz CT molecular complexity index is 270. The molecule has 1 N–H and O–H groups in total. The highest BCUT2D eigenvalue weighted by molar-refractivity contribution is 5.11. The molecule has 1 aliphatic heterocycles. The molecule has 1 heterocycles. The number of nitrogens with one attached hydrogen (secondary N) is 1. The van der Waals surface area contributed by atoms with Crippen LogP contribution in [0.5, 0.6) is 0 Å². The van der Waals surface area contributed by atoms with E-state index in [-0.39, 0.29) is 0 Å². The van der Waals surface area contributed by atoms with Crippen molar-refractivity contribution in [3.63, 3.8) is 0 Å². The normalized spacial score (nSPS) is 43.8. The van der Waals surface area contributed by atoms with E-state index in [2.05, 4.69) is 24.4 Å². The minimum atomic E-state index is 0.604. The van der Waals surface area contributed by atoms with Gasteiger partial charge in [0.25, 0.3) is 0 Å². The fourth-order valence-electron chi connectivity index (χ4n) is 3.77. The second kappa shape index (κ2) is 4.50. The van der Waals surface area contributed by atoms with E-state index >= 15 is 0 Å². The van der Waals surface area contributed by atoms with E-state index < -0.39 is 0 Å². The summed E-state index contributed by atoms with van der Waals surface area (Å²) in [5.74, 6) is 2.62. The quantitative estimate of drug-likeness (QED) is 0.739. The number of hydrogen-bond donors (Lipinski definition) is 1. The first-order valence-corrected chi connectivity index (χ1v) is 6.85. The first-order valence-electron chi connectivity index (χ1n) is 6.85. The summed E-state index contributed by atoms with van der Waals surface area (Å²) in [6.07, 6.45) is 10.2. The van der Waals surface area contributed by atoms with Gasteiger partial charge < -0.3 is 10.1 Å². The molecule has 2 nitrogen and oxygen atoms in total. The van der Waals surface area contributed by atoms with Gasteiger partial charge in [0.1, 0.15) is 0 Å². The van der Waals surface area contributed by atoms with Crippen LogP contribution >= 0.6 is 0 Å². The Morgan fingerprint density at radius 1 is 1.31 bits per heavy atom. The Morgan fingerprint density at radius 3 is 2.88 bits per heavy atom. The largest absolute Gasteiger partial charge is 0.380 e. The van der Waals surface area contributed by atoms with Gasteiger partial charge in [-0.15, -0.1) is 0 Å². The van der Waals surface area contributed by atoms with E-state index in [1.54, 1.807) is 0 Å². The molecule has 0 amide bonds. The van der Waals surface area contributed by atoms with Crippen LogP contribution in [0.1, 0.15) is 32.6 Å². The smallest absolute Gasteiger partial charge is 0.0619 e. The van der Waals surface area contributed by atoms with E-state index in [9.17, 15) is 0 Å². The van der Waals surface area contributed by atoms with Crippen molar-refractivity contribution in [3.05, 3.63) is 12.2 Å². The fourth-order valence-corrected chi connectivity index (χ4v) is 3.77. The van der Waals surface area contributed by atoms with Gasteiger partial charge in [-0.25, -0.2) is 0 Å². The van der Waals surface area contributed by atoms with Gasteiger partial charge in [-0.2, -0.15) is 0 Å². The number of ether oxygens (including phenoxy) is 1. The lowest BCUT2D eigenvalue weighted by Crippen LogP contribution is -2.45. The van der Waals surface area contributed by atoms with Gasteiger partial charge >= 0.3 is 0 Å². The molecule has 2 heteroatoms. The predicted molar refractivity (Wildman–Crippen MR) is 65.3 cm³/mol. The van der Waals surface area contributed by atoms with Gasteiger partial charge in [0.2, 0.25) is 0 Å². The lowest BCUT2D eigenvalue weighted by molar-refractivity contribution is 0.0631. The molecule has 16 heavy (non-hydrogen) atoms. The van der Waals surface area contributed by atoms with Crippen molar-refractivity contribution >= 4 is 0 Å². The SMILES string of the molecule is CC(NC1CCCOC1)C1CC2C=CC1C2. The first kappa shape index (κ1) is 10.8. The van der Waals surface area contributed by atoms with E-state index in [4.69, 9.17) is 4.74 Å². The minimum absolute atomic E-state index is 0.604. The van der Waals surface area contributed by atoms with Crippen molar-refractivity contribution in [1.29, 1.82) is 0 Å². The number of hydrogen-bond acceptors (Lipinski definition) is 2. The van der Waals surface area contributed by atoms with Crippen LogP contribution in [0.3, 0.4) is 0 Å². The first-order chi connectivity index (χ1) is 7.83. The van der Waals surface area contributed by atoms with Crippen LogP contribution in [0.4, 0.5) is 0 Å². The summed E-state index contributed by atoms with van der Waals surface area (Å²) in [4.78, 5) is 0. The summed E-state index contributed by atoms with van der Waals surface area (Å²) in [7, 11) is 0. The molecule has 1 saturated heterocycles. The summed E-state index contributed by atoms with van der Waals surface area (Å²) in [6, 6.07) is 1.26. The van der Waals surface area contributed by atoms with Crippen LogP contribution in [-0.2, 0) is 4.74 Å². The van der Waals surface area contributed by atoms with Gasteiger partial charge in [-0.3, -0.25) is 0 Å².